The van der Waals surface area contributed by atoms with Crippen molar-refractivity contribution in [2.45, 2.75) is 185 Å². The third kappa shape index (κ3) is 17.2. The first-order chi connectivity index (χ1) is 19.8. The first kappa shape index (κ1) is 38.3. The number of carbonyl (C=O) groups excluding carboxylic acids is 1. The lowest BCUT2D eigenvalue weighted by atomic mass is 9.92. The van der Waals surface area contributed by atoms with Crippen LogP contribution in [0.25, 0.3) is 0 Å². The Kier molecular flexibility index (Phi) is 23.0. The molecule has 1 aliphatic rings. The predicted molar refractivity (Wildman–Crippen MR) is 165 cm³/mol. The van der Waals surface area contributed by atoms with Crippen molar-refractivity contribution in [1.29, 1.82) is 0 Å². The highest BCUT2D eigenvalue weighted by molar-refractivity contribution is 5.76. The maximum absolute atomic E-state index is 13.1. The van der Waals surface area contributed by atoms with Crippen LogP contribution in [0.3, 0.4) is 0 Å². The SMILES string of the molecule is CCCCCCCCCCCCCCCCN(CC(O)C[C@@H]1O[C@H](CO)[C@@H](O)[C@H](O)[C@H]1O)C(=O)CCCCCCC. The van der Waals surface area contributed by atoms with Crippen molar-refractivity contribution in [3.8, 4) is 0 Å². The van der Waals surface area contributed by atoms with Crippen molar-refractivity contribution in [1.82, 2.24) is 4.90 Å². The van der Waals surface area contributed by atoms with Crippen LogP contribution in [0.4, 0.5) is 0 Å². The fourth-order valence-corrected chi connectivity index (χ4v) is 5.82. The Labute approximate surface area is 250 Å². The van der Waals surface area contributed by atoms with E-state index in [0.29, 0.717) is 13.0 Å². The van der Waals surface area contributed by atoms with Gasteiger partial charge < -0.3 is 35.2 Å². The number of hydrogen-bond donors (Lipinski definition) is 5. The minimum atomic E-state index is -1.46. The molecule has 6 atom stereocenters. The van der Waals surface area contributed by atoms with Crippen molar-refractivity contribution >= 4 is 5.91 Å². The number of unbranched alkanes of at least 4 members (excludes halogenated alkanes) is 17. The van der Waals surface area contributed by atoms with Gasteiger partial charge in [-0.1, -0.05) is 123 Å². The van der Waals surface area contributed by atoms with Gasteiger partial charge >= 0.3 is 0 Å². The zero-order valence-electron chi connectivity index (χ0n) is 26.4. The molecule has 0 aromatic carbocycles. The Bertz CT molecular complexity index is 620. The molecular weight excluding hydrogens is 522 g/mol. The van der Waals surface area contributed by atoms with Gasteiger partial charge in [-0.2, -0.15) is 0 Å². The normalized spacial score (nSPS) is 23.5. The van der Waals surface area contributed by atoms with E-state index in [9.17, 15) is 30.3 Å². The summed E-state index contributed by atoms with van der Waals surface area (Å²) in [6.45, 7) is 4.66. The highest BCUT2D eigenvalue weighted by Crippen LogP contribution is 2.24. The number of aliphatic hydroxyl groups is 5. The van der Waals surface area contributed by atoms with E-state index in [1.54, 1.807) is 4.90 Å². The van der Waals surface area contributed by atoms with Crippen LogP contribution < -0.4 is 0 Å². The van der Waals surface area contributed by atoms with Gasteiger partial charge in [0.2, 0.25) is 5.91 Å². The number of hydrogen-bond acceptors (Lipinski definition) is 7. The van der Waals surface area contributed by atoms with E-state index in [-0.39, 0.29) is 18.9 Å². The third-order valence-electron chi connectivity index (χ3n) is 8.56. The van der Waals surface area contributed by atoms with Gasteiger partial charge in [0.25, 0.3) is 0 Å². The molecule has 5 N–H and O–H groups in total. The molecule has 0 radical (unpaired) electrons. The van der Waals surface area contributed by atoms with Crippen molar-refractivity contribution in [3.63, 3.8) is 0 Å². The molecule has 244 valence electrons. The van der Waals surface area contributed by atoms with E-state index in [1.807, 2.05) is 0 Å². The summed E-state index contributed by atoms with van der Waals surface area (Å²) in [5.41, 5.74) is 0. The molecular formula is C33H65NO7. The standard InChI is InChI=1S/C33H65NO7/c1-3-5-7-9-10-11-12-13-14-15-16-17-19-21-23-34(30(37)22-20-18-8-6-4-2)25-27(36)24-28-31(38)33(40)32(39)29(26-35)41-28/h27-29,31-33,35-36,38-40H,3-26H2,1-2H3/t27?,28-,29+,31-,32+,33+/m0/s1. The lowest BCUT2D eigenvalue weighted by Crippen LogP contribution is -2.59. The van der Waals surface area contributed by atoms with Gasteiger partial charge in [-0.25, -0.2) is 0 Å². The summed E-state index contributed by atoms with van der Waals surface area (Å²) >= 11 is 0. The summed E-state index contributed by atoms with van der Waals surface area (Å²) in [5.74, 6) is 0.0454. The Morgan fingerprint density at radius 2 is 1.10 bits per heavy atom. The average Bonchev–Trinajstić information content (AvgIpc) is 2.96. The molecule has 1 amide bonds. The third-order valence-corrected chi connectivity index (χ3v) is 8.56. The number of carbonyl (C=O) groups is 1. The van der Waals surface area contributed by atoms with Gasteiger partial charge in [-0.15, -0.1) is 0 Å². The quantitative estimate of drug-likeness (QED) is 0.0874. The summed E-state index contributed by atoms with van der Waals surface area (Å²) in [4.78, 5) is 14.8. The molecule has 0 aliphatic carbocycles. The van der Waals surface area contributed by atoms with Crippen molar-refractivity contribution in [3.05, 3.63) is 0 Å². The first-order valence-corrected chi connectivity index (χ1v) is 17.1. The molecule has 0 saturated carbocycles. The zero-order valence-corrected chi connectivity index (χ0v) is 26.4. The summed E-state index contributed by atoms with van der Waals surface area (Å²) in [6.07, 6.45) is 16.4. The van der Waals surface area contributed by atoms with Gasteiger partial charge in [-0.05, 0) is 12.8 Å². The summed E-state index contributed by atoms with van der Waals surface area (Å²) in [6, 6.07) is 0. The molecule has 1 saturated heterocycles. The largest absolute Gasteiger partial charge is 0.394 e. The molecule has 1 aliphatic heterocycles. The Morgan fingerprint density at radius 3 is 1.59 bits per heavy atom. The van der Waals surface area contributed by atoms with E-state index in [4.69, 9.17) is 4.74 Å². The molecule has 8 nitrogen and oxygen atoms in total. The Hall–Kier alpha value is -0.770. The molecule has 1 heterocycles. The summed E-state index contributed by atoms with van der Waals surface area (Å²) in [5, 5.41) is 50.7. The molecule has 0 spiro atoms. The first-order valence-electron chi connectivity index (χ1n) is 17.1. The predicted octanol–water partition coefficient (Wildman–Crippen LogP) is 5.25. The van der Waals surface area contributed by atoms with Crippen LogP contribution in [0, 0.1) is 0 Å². The number of aliphatic hydroxyl groups excluding tert-OH is 5. The number of amides is 1. The lowest BCUT2D eigenvalue weighted by molar-refractivity contribution is -0.234. The van der Waals surface area contributed by atoms with Crippen molar-refractivity contribution in [2.24, 2.45) is 0 Å². The van der Waals surface area contributed by atoms with Crippen LogP contribution in [0.5, 0.6) is 0 Å². The number of rotatable bonds is 26. The molecule has 1 unspecified atom stereocenters. The van der Waals surface area contributed by atoms with E-state index in [1.165, 1.54) is 77.0 Å². The fourth-order valence-electron chi connectivity index (χ4n) is 5.82. The number of ether oxygens (including phenoxy) is 1. The lowest BCUT2D eigenvalue weighted by Gasteiger charge is -2.41. The second kappa shape index (κ2) is 24.6. The maximum Gasteiger partial charge on any atom is 0.222 e. The molecule has 41 heavy (non-hydrogen) atoms. The molecule has 1 rings (SSSR count). The maximum atomic E-state index is 13.1. The number of nitrogens with zero attached hydrogens (tertiary/aromatic N) is 1. The van der Waals surface area contributed by atoms with Gasteiger partial charge in [0, 0.05) is 25.9 Å². The van der Waals surface area contributed by atoms with Crippen LogP contribution in [0.1, 0.15) is 149 Å². The van der Waals surface area contributed by atoms with Gasteiger partial charge in [-0.3, -0.25) is 4.79 Å². The summed E-state index contributed by atoms with van der Waals surface area (Å²) < 4.78 is 5.56. The Morgan fingerprint density at radius 1 is 0.659 bits per heavy atom. The summed E-state index contributed by atoms with van der Waals surface area (Å²) in [7, 11) is 0. The van der Waals surface area contributed by atoms with Crippen LogP contribution >= 0.6 is 0 Å². The second-order valence-corrected chi connectivity index (χ2v) is 12.4. The van der Waals surface area contributed by atoms with Gasteiger partial charge in [0.15, 0.2) is 0 Å². The second-order valence-electron chi connectivity index (χ2n) is 12.4. The van der Waals surface area contributed by atoms with Crippen LogP contribution in [-0.2, 0) is 9.53 Å². The van der Waals surface area contributed by atoms with E-state index in [2.05, 4.69) is 13.8 Å². The fraction of sp³-hybridized carbons (Fsp3) is 0.970. The molecule has 0 aromatic rings. The minimum absolute atomic E-state index is 0.000463. The van der Waals surface area contributed by atoms with Crippen LogP contribution in [0.2, 0.25) is 0 Å². The van der Waals surface area contributed by atoms with Crippen molar-refractivity contribution < 1.29 is 35.1 Å². The Balaban J connectivity index is 2.40. The van der Waals surface area contributed by atoms with Crippen LogP contribution in [0.15, 0.2) is 0 Å². The highest BCUT2D eigenvalue weighted by atomic mass is 16.5. The molecule has 0 aromatic heterocycles. The zero-order chi connectivity index (χ0) is 30.3. The topological polar surface area (TPSA) is 131 Å². The van der Waals surface area contributed by atoms with Gasteiger partial charge in [0.05, 0.1) is 18.8 Å². The average molecular weight is 588 g/mol. The highest BCUT2D eigenvalue weighted by Gasteiger charge is 2.43. The van der Waals surface area contributed by atoms with Crippen molar-refractivity contribution in [2.75, 3.05) is 19.7 Å². The van der Waals surface area contributed by atoms with Gasteiger partial charge in [0.1, 0.15) is 24.4 Å². The molecule has 0 bridgehead atoms. The monoisotopic (exact) mass is 587 g/mol. The molecule has 1 fully saturated rings. The molecule has 8 heteroatoms. The smallest absolute Gasteiger partial charge is 0.222 e. The van der Waals surface area contributed by atoms with E-state index < -0.39 is 43.2 Å². The van der Waals surface area contributed by atoms with E-state index >= 15 is 0 Å². The van der Waals surface area contributed by atoms with E-state index in [0.717, 1.165) is 44.9 Å². The van der Waals surface area contributed by atoms with Crippen LogP contribution in [-0.4, -0.2) is 92.7 Å². The minimum Gasteiger partial charge on any atom is -0.394 e.